The van der Waals surface area contributed by atoms with Gasteiger partial charge in [-0.1, -0.05) is 22.4 Å². The second-order valence-corrected chi connectivity index (χ2v) is 5.86. The van der Waals surface area contributed by atoms with Gasteiger partial charge < -0.3 is 16.2 Å². The van der Waals surface area contributed by atoms with Crippen molar-refractivity contribution in [2.24, 2.45) is 11.1 Å². The van der Waals surface area contributed by atoms with E-state index >= 15 is 0 Å². The lowest BCUT2D eigenvalue weighted by Gasteiger charge is -2.40. The first-order valence-electron chi connectivity index (χ1n) is 6.03. The van der Waals surface area contributed by atoms with Crippen LogP contribution in [0.5, 0.6) is 5.75 Å². The van der Waals surface area contributed by atoms with E-state index in [4.69, 9.17) is 5.73 Å². The molecule has 1 fully saturated rings. The zero-order valence-corrected chi connectivity index (χ0v) is 11.7. The Labute approximate surface area is 115 Å². The normalized spacial score (nSPS) is 17.0. The van der Waals surface area contributed by atoms with Gasteiger partial charge in [0.15, 0.2) is 0 Å². The number of nitrogens with one attached hydrogen (secondary N) is 1. The monoisotopic (exact) mass is 312 g/mol. The van der Waals surface area contributed by atoms with Crippen molar-refractivity contribution in [3.05, 3.63) is 22.7 Å². The molecule has 5 heteroatoms. The molecular formula is C13H17BrN2O2. The van der Waals surface area contributed by atoms with Crippen LogP contribution in [0.1, 0.15) is 25.7 Å². The van der Waals surface area contributed by atoms with Gasteiger partial charge in [-0.3, -0.25) is 4.79 Å². The Balaban J connectivity index is 2.00. The van der Waals surface area contributed by atoms with E-state index in [1.165, 1.54) is 0 Å². The molecule has 2 rings (SSSR count). The van der Waals surface area contributed by atoms with Crippen LogP contribution in [0.3, 0.4) is 0 Å². The molecule has 0 unspecified atom stereocenters. The first-order valence-corrected chi connectivity index (χ1v) is 6.82. The molecule has 1 saturated carbocycles. The van der Waals surface area contributed by atoms with Crippen LogP contribution in [-0.2, 0) is 4.79 Å². The Hall–Kier alpha value is -1.07. The summed E-state index contributed by atoms with van der Waals surface area (Å²) >= 11 is 3.30. The van der Waals surface area contributed by atoms with Gasteiger partial charge in [-0.05, 0) is 43.0 Å². The van der Waals surface area contributed by atoms with E-state index in [0.29, 0.717) is 18.7 Å². The number of carbonyl (C=O) groups excluding carboxylic acids is 1. The predicted octanol–water partition coefficient (Wildman–Crippen LogP) is 2.61. The molecule has 1 aliphatic rings. The highest BCUT2D eigenvalue weighted by Gasteiger charge is 2.37. The summed E-state index contributed by atoms with van der Waals surface area (Å²) in [6.07, 6.45) is 3.60. The summed E-state index contributed by atoms with van der Waals surface area (Å²) in [6, 6.07) is 4.95. The van der Waals surface area contributed by atoms with Crippen molar-refractivity contribution in [2.45, 2.75) is 25.7 Å². The summed E-state index contributed by atoms with van der Waals surface area (Å²) in [7, 11) is 0. The minimum atomic E-state index is -0.0893. The maximum Gasteiger partial charge on any atom is 0.225 e. The summed E-state index contributed by atoms with van der Waals surface area (Å²) in [6.45, 7) is 0.547. The lowest BCUT2D eigenvalue weighted by molar-refractivity contribution is -0.119. The number of anilines is 1. The number of nitrogens with two attached hydrogens (primary N) is 1. The molecule has 0 aliphatic heterocycles. The Kier molecular flexibility index (Phi) is 3.92. The van der Waals surface area contributed by atoms with Gasteiger partial charge >= 0.3 is 0 Å². The first kappa shape index (κ1) is 13.4. The Morgan fingerprint density at radius 3 is 2.78 bits per heavy atom. The Morgan fingerprint density at radius 2 is 2.22 bits per heavy atom. The van der Waals surface area contributed by atoms with Crippen LogP contribution in [0.25, 0.3) is 0 Å². The van der Waals surface area contributed by atoms with Gasteiger partial charge in [0, 0.05) is 10.9 Å². The van der Waals surface area contributed by atoms with Crippen LogP contribution in [0.15, 0.2) is 22.7 Å². The molecule has 1 aliphatic carbocycles. The molecule has 4 N–H and O–H groups in total. The van der Waals surface area contributed by atoms with Crippen LogP contribution in [0.2, 0.25) is 0 Å². The third kappa shape index (κ3) is 2.84. The first-order chi connectivity index (χ1) is 8.54. The molecule has 0 saturated heterocycles. The molecule has 18 heavy (non-hydrogen) atoms. The van der Waals surface area contributed by atoms with E-state index in [0.717, 1.165) is 23.7 Å². The number of rotatable bonds is 4. The molecule has 1 aromatic rings. The quantitative estimate of drug-likeness (QED) is 0.748. The van der Waals surface area contributed by atoms with Gasteiger partial charge in [0.25, 0.3) is 0 Å². The highest BCUT2D eigenvalue weighted by molar-refractivity contribution is 9.10. The second kappa shape index (κ2) is 5.28. The van der Waals surface area contributed by atoms with Gasteiger partial charge in [-0.25, -0.2) is 0 Å². The second-order valence-electron chi connectivity index (χ2n) is 4.94. The largest absolute Gasteiger partial charge is 0.506 e. The van der Waals surface area contributed by atoms with Gasteiger partial charge in [0.1, 0.15) is 5.75 Å². The molecule has 1 aromatic carbocycles. The minimum Gasteiger partial charge on any atom is -0.506 e. The van der Waals surface area contributed by atoms with Crippen LogP contribution >= 0.6 is 15.9 Å². The molecule has 1 amide bonds. The average molecular weight is 313 g/mol. The van der Waals surface area contributed by atoms with E-state index in [-0.39, 0.29) is 17.1 Å². The number of phenolic OH excluding ortho intramolecular Hbond substituents is 1. The topological polar surface area (TPSA) is 75.4 Å². The lowest BCUT2D eigenvalue weighted by atomic mass is 9.66. The molecule has 0 radical (unpaired) electrons. The van der Waals surface area contributed by atoms with E-state index in [1.54, 1.807) is 18.2 Å². The van der Waals surface area contributed by atoms with Crippen LogP contribution < -0.4 is 11.1 Å². The van der Waals surface area contributed by atoms with Crippen LogP contribution in [0, 0.1) is 5.41 Å². The number of phenols is 1. The zero-order chi connectivity index (χ0) is 13.2. The highest BCUT2D eigenvalue weighted by atomic mass is 79.9. The fourth-order valence-corrected chi connectivity index (χ4v) is 2.63. The third-order valence-electron chi connectivity index (χ3n) is 3.62. The molecule has 0 bridgehead atoms. The Bertz CT molecular complexity index is 453. The molecular weight excluding hydrogens is 296 g/mol. The van der Waals surface area contributed by atoms with Gasteiger partial charge in [-0.2, -0.15) is 0 Å². The molecule has 98 valence electrons. The number of halogens is 1. The van der Waals surface area contributed by atoms with Crippen molar-refractivity contribution in [3.63, 3.8) is 0 Å². The van der Waals surface area contributed by atoms with Gasteiger partial charge in [0.2, 0.25) is 5.91 Å². The fraction of sp³-hybridized carbons (Fsp3) is 0.462. The number of aromatic hydroxyl groups is 1. The summed E-state index contributed by atoms with van der Waals surface area (Å²) < 4.78 is 0.813. The van der Waals surface area contributed by atoms with E-state index in [1.807, 2.05) is 0 Å². The summed E-state index contributed by atoms with van der Waals surface area (Å²) in [5, 5.41) is 12.4. The zero-order valence-electron chi connectivity index (χ0n) is 10.1. The highest BCUT2D eigenvalue weighted by Crippen LogP contribution is 2.43. The van der Waals surface area contributed by atoms with Gasteiger partial charge in [0.05, 0.1) is 5.69 Å². The maximum absolute atomic E-state index is 12.0. The summed E-state index contributed by atoms with van der Waals surface area (Å²) in [4.78, 5) is 12.0. The van der Waals surface area contributed by atoms with Crippen LogP contribution in [-0.4, -0.2) is 17.6 Å². The van der Waals surface area contributed by atoms with Crippen molar-refractivity contribution in [2.75, 3.05) is 11.9 Å². The maximum atomic E-state index is 12.0. The number of carbonyl (C=O) groups is 1. The Morgan fingerprint density at radius 1 is 1.50 bits per heavy atom. The summed E-state index contributed by atoms with van der Waals surface area (Å²) in [5.41, 5.74) is 6.14. The van der Waals surface area contributed by atoms with Gasteiger partial charge in [-0.15, -0.1) is 0 Å². The average Bonchev–Trinajstić information content (AvgIpc) is 2.28. The smallest absolute Gasteiger partial charge is 0.225 e. The molecule has 0 heterocycles. The van der Waals surface area contributed by atoms with E-state index in [2.05, 4.69) is 21.2 Å². The standard InChI is InChI=1S/C13H17BrN2O2/c14-9-2-3-11(17)10(6-9)16-12(18)7-13(8-15)4-1-5-13/h2-3,6,17H,1,4-5,7-8,15H2,(H,16,18). The number of hydrogen-bond acceptors (Lipinski definition) is 3. The minimum absolute atomic E-state index is 0.0221. The number of hydrogen-bond donors (Lipinski definition) is 3. The number of benzene rings is 1. The van der Waals surface area contributed by atoms with Crippen molar-refractivity contribution < 1.29 is 9.90 Å². The van der Waals surface area contributed by atoms with E-state index in [9.17, 15) is 9.90 Å². The summed E-state index contributed by atoms with van der Waals surface area (Å²) in [5.74, 6) is -0.0180. The van der Waals surface area contributed by atoms with Crippen molar-refractivity contribution >= 4 is 27.5 Å². The fourth-order valence-electron chi connectivity index (χ4n) is 2.27. The van der Waals surface area contributed by atoms with Crippen LogP contribution in [0.4, 0.5) is 5.69 Å². The van der Waals surface area contributed by atoms with Crippen molar-refractivity contribution in [1.82, 2.24) is 0 Å². The van der Waals surface area contributed by atoms with Crippen molar-refractivity contribution in [1.29, 1.82) is 0 Å². The van der Waals surface area contributed by atoms with E-state index < -0.39 is 0 Å². The predicted molar refractivity (Wildman–Crippen MR) is 74.4 cm³/mol. The SMILES string of the molecule is NCC1(CC(=O)Nc2cc(Br)ccc2O)CCC1. The lowest BCUT2D eigenvalue weighted by Crippen LogP contribution is -2.40. The molecule has 0 aromatic heterocycles. The molecule has 0 spiro atoms. The molecule has 0 atom stereocenters. The number of amides is 1. The van der Waals surface area contributed by atoms with Crippen molar-refractivity contribution in [3.8, 4) is 5.75 Å². The third-order valence-corrected chi connectivity index (χ3v) is 4.11. The molecule has 4 nitrogen and oxygen atoms in total.